The number of amides is 2. The van der Waals surface area contributed by atoms with E-state index in [1.165, 1.54) is 0 Å². The maximum Gasteiger partial charge on any atom is 0.317 e. The van der Waals surface area contributed by atoms with Crippen molar-refractivity contribution in [3.63, 3.8) is 0 Å². The first-order chi connectivity index (χ1) is 12.6. The minimum Gasteiger partial charge on any atom is -0.497 e. The van der Waals surface area contributed by atoms with Crippen LogP contribution in [-0.4, -0.2) is 22.9 Å². The third kappa shape index (κ3) is 3.77. The molecule has 0 bridgehead atoms. The van der Waals surface area contributed by atoms with Gasteiger partial charge in [0.2, 0.25) is 5.88 Å². The topological polar surface area (TPSA) is 91.4 Å². The summed E-state index contributed by atoms with van der Waals surface area (Å²) in [6, 6.07) is 16.4. The summed E-state index contributed by atoms with van der Waals surface area (Å²) in [5, 5.41) is 7.10. The predicted molar refractivity (Wildman–Crippen MR) is 98.8 cm³/mol. The van der Waals surface area contributed by atoms with Crippen LogP contribution in [0.25, 0.3) is 5.69 Å². The Labute approximate surface area is 151 Å². The molecule has 7 heteroatoms. The van der Waals surface area contributed by atoms with Crippen LogP contribution in [0.3, 0.4) is 0 Å². The Hall–Kier alpha value is -3.48. The van der Waals surface area contributed by atoms with E-state index in [9.17, 15) is 4.79 Å². The van der Waals surface area contributed by atoms with Crippen LogP contribution in [0, 0.1) is 6.92 Å². The summed E-state index contributed by atoms with van der Waals surface area (Å²) in [4.78, 5) is 11.4. The van der Waals surface area contributed by atoms with E-state index in [1.54, 1.807) is 11.8 Å². The number of benzene rings is 2. The molecular weight excluding hydrogens is 332 g/mol. The van der Waals surface area contributed by atoms with Crippen molar-refractivity contribution in [3.05, 3.63) is 65.7 Å². The number of urea groups is 1. The molecule has 7 nitrogen and oxygen atoms in total. The number of primary amides is 1. The molecule has 3 aromatic rings. The SMILES string of the molecule is COc1ccc(COc2nn(-c3ccccc3)c(NC(N)=O)c2C)cc1. The van der Waals surface area contributed by atoms with E-state index in [-0.39, 0.29) is 0 Å². The van der Waals surface area contributed by atoms with Crippen molar-refractivity contribution in [3.8, 4) is 17.3 Å². The number of anilines is 1. The Morgan fingerprint density at radius 1 is 1.15 bits per heavy atom. The number of aromatic nitrogens is 2. The summed E-state index contributed by atoms with van der Waals surface area (Å²) in [7, 11) is 1.62. The molecule has 2 aromatic carbocycles. The fourth-order valence-electron chi connectivity index (χ4n) is 2.51. The second-order valence-corrected chi connectivity index (χ2v) is 5.65. The molecule has 0 fully saturated rings. The average Bonchev–Trinajstić information content (AvgIpc) is 2.96. The van der Waals surface area contributed by atoms with Gasteiger partial charge in [0.25, 0.3) is 0 Å². The standard InChI is InChI=1S/C19H20N4O3/c1-13-17(21-19(20)24)23(15-6-4-3-5-7-15)22-18(13)26-12-14-8-10-16(25-2)11-9-14/h3-11H,12H2,1-2H3,(H3,20,21,24). The van der Waals surface area contributed by atoms with Gasteiger partial charge in [-0.05, 0) is 36.8 Å². The zero-order chi connectivity index (χ0) is 18.5. The lowest BCUT2D eigenvalue weighted by molar-refractivity contribution is 0.259. The number of rotatable bonds is 6. The van der Waals surface area contributed by atoms with Crippen LogP contribution in [0.15, 0.2) is 54.6 Å². The first kappa shape index (κ1) is 17.3. The van der Waals surface area contributed by atoms with Crippen molar-refractivity contribution in [2.24, 2.45) is 5.73 Å². The minimum atomic E-state index is -0.660. The number of hydrogen-bond donors (Lipinski definition) is 2. The van der Waals surface area contributed by atoms with Crippen molar-refractivity contribution in [2.45, 2.75) is 13.5 Å². The molecule has 134 valence electrons. The van der Waals surface area contributed by atoms with Crippen LogP contribution in [0.1, 0.15) is 11.1 Å². The molecule has 1 aromatic heterocycles. The third-order valence-electron chi connectivity index (χ3n) is 3.86. The van der Waals surface area contributed by atoms with Crippen molar-refractivity contribution >= 4 is 11.8 Å². The van der Waals surface area contributed by atoms with Gasteiger partial charge in [0.05, 0.1) is 18.4 Å². The summed E-state index contributed by atoms with van der Waals surface area (Å²) in [6.45, 7) is 2.16. The molecule has 3 rings (SSSR count). The molecule has 2 amide bonds. The lowest BCUT2D eigenvalue weighted by Crippen LogP contribution is -2.21. The molecule has 3 N–H and O–H groups in total. The van der Waals surface area contributed by atoms with Gasteiger partial charge in [-0.3, -0.25) is 5.32 Å². The van der Waals surface area contributed by atoms with Gasteiger partial charge in [-0.25, -0.2) is 9.48 Å². The molecule has 0 aliphatic heterocycles. The number of carbonyl (C=O) groups excluding carboxylic acids is 1. The van der Waals surface area contributed by atoms with Gasteiger partial charge in [0.1, 0.15) is 18.2 Å². The number of hydrogen-bond acceptors (Lipinski definition) is 4. The van der Waals surface area contributed by atoms with E-state index in [4.69, 9.17) is 15.2 Å². The Bertz CT molecular complexity index is 889. The molecule has 0 saturated heterocycles. The smallest absolute Gasteiger partial charge is 0.317 e. The van der Waals surface area contributed by atoms with Crippen LogP contribution in [0.5, 0.6) is 11.6 Å². The van der Waals surface area contributed by atoms with Gasteiger partial charge < -0.3 is 15.2 Å². The summed E-state index contributed by atoms with van der Waals surface area (Å²) in [5.41, 5.74) is 7.76. The van der Waals surface area contributed by atoms with E-state index >= 15 is 0 Å². The molecule has 0 radical (unpaired) electrons. The highest BCUT2D eigenvalue weighted by Gasteiger charge is 2.18. The van der Waals surface area contributed by atoms with E-state index in [0.29, 0.717) is 23.9 Å². The highest BCUT2D eigenvalue weighted by Crippen LogP contribution is 2.28. The first-order valence-corrected chi connectivity index (χ1v) is 8.05. The molecular formula is C19H20N4O3. The number of nitrogens with one attached hydrogen (secondary N) is 1. The zero-order valence-electron chi connectivity index (χ0n) is 14.6. The molecule has 0 spiro atoms. The van der Waals surface area contributed by atoms with Crippen molar-refractivity contribution in [1.82, 2.24) is 9.78 Å². The van der Waals surface area contributed by atoms with E-state index in [2.05, 4.69) is 10.4 Å². The van der Waals surface area contributed by atoms with Gasteiger partial charge >= 0.3 is 6.03 Å². The monoisotopic (exact) mass is 352 g/mol. The highest BCUT2D eigenvalue weighted by molar-refractivity contribution is 5.88. The average molecular weight is 352 g/mol. The lowest BCUT2D eigenvalue weighted by atomic mass is 10.2. The second-order valence-electron chi connectivity index (χ2n) is 5.65. The van der Waals surface area contributed by atoms with Crippen molar-refractivity contribution in [2.75, 3.05) is 12.4 Å². The Kier molecular flexibility index (Phi) is 5.07. The largest absolute Gasteiger partial charge is 0.497 e. The van der Waals surface area contributed by atoms with E-state index < -0.39 is 6.03 Å². The zero-order valence-corrected chi connectivity index (χ0v) is 14.6. The maximum atomic E-state index is 11.4. The third-order valence-corrected chi connectivity index (χ3v) is 3.86. The Morgan fingerprint density at radius 2 is 1.85 bits per heavy atom. The van der Waals surface area contributed by atoms with E-state index in [0.717, 1.165) is 17.0 Å². The minimum absolute atomic E-state index is 0.340. The lowest BCUT2D eigenvalue weighted by Gasteiger charge is -2.07. The summed E-state index contributed by atoms with van der Waals surface area (Å²) < 4.78 is 12.6. The molecule has 0 aliphatic carbocycles. The first-order valence-electron chi connectivity index (χ1n) is 8.05. The van der Waals surface area contributed by atoms with Crippen molar-refractivity contribution in [1.29, 1.82) is 0 Å². The number of ether oxygens (including phenoxy) is 2. The summed E-state index contributed by atoms with van der Waals surface area (Å²) in [6.07, 6.45) is 0. The van der Waals surface area contributed by atoms with Crippen LogP contribution in [0.4, 0.5) is 10.6 Å². The fraction of sp³-hybridized carbons (Fsp3) is 0.158. The highest BCUT2D eigenvalue weighted by atomic mass is 16.5. The number of para-hydroxylation sites is 1. The summed E-state index contributed by atoms with van der Waals surface area (Å²) in [5.74, 6) is 1.69. The molecule has 0 atom stereocenters. The van der Waals surface area contributed by atoms with Crippen molar-refractivity contribution < 1.29 is 14.3 Å². The number of methoxy groups -OCH3 is 1. The van der Waals surface area contributed by atoms with Gasteiger partial charge in [-0.15, -0.1) is 5.10 Å². The molecule has 0 aliphatic rings. The van der Waals surface area contributed by atoms with Crippen LogP contribution in [-0.2, 0) is 6.61 Å². The van der Waals surface area contributed by atoms with Gasteiger partial charge in [0.15, 0.2) is 0 Å². The fourth-order valence-corrected chi connectivity index (χ4v) is 2.51. The molecule has 0 unspecified atom stereocenters. The number of nitrogens with zero attached hydrogens (tertiary/aromatic N) is 2. The quantitative estimate of drug-likeness (QED) is 0.712. The van der Waals surface area contributed by atoms with E-state index in [1.807, 2.05) is 61.5 Å². The van der Waals surface area contributed by atoms with Gasteiger partial charge in [-0.1, -0.05) is 30.3 Å². The summed E-state index contributed by atoms with van der Waals surface area (Å²) >= 11 is 0. The number of carbonyl (C=O) groups is 1. The molecule has 0 saturated carbocycles. The normalized spacial score (nSPS) is 10.4. The van der Waals surface area contributed by atoms with Gasteiger partial charge in [-0.2, -0.15) is 0 Å². The second kappa shape index (κ2) is 7.60. The van der Waals surface area contributed by atoms with Crippen LogP contribution >= 0.6 is 0 Å². The Balaban J connectivity index is 1.87. The molecule has 1 heterocycles. The maximum absolute atomic E-state index is 11.4. The van der Waals surface area contributed by atoms with Gasteiger partial charge in [0, 0.05) is 0 Å². The number of nitrogens with two attached hydrogens (primary N) is 1. The molecule has 26 heavy (non-hydrogen) atoms. The predicted octanol–water partition coefficient (Wildman–Crippen LogP) is 3.26. The Morgan fingerprint density at radius 3 is 2.46 bits per heavy atom. The van der Waals surface area contributed by atoms with Crippen LogP contribution < -0.4 is 20.5 Å². The van der Waals surface area contributed by atoms with Crippen LogP contribution in [0.2, 0.25) is 0 Å².